The molecule has 0 amide bonds. The van der Waals surface area contributed by atoms with Crippen molar-refractivity contribution in [2.45, 2.75) is 46.2 Å². The first-order valence-electron chi connectivity index (χ1n) is 10.1. The van der Waals surface area contributed by atoms with Gasteiger partial charge >= 0.3 is 6.18 Å². The molecule has 2 aromatic carbocycles. The average Bonchev–Trinajstić information content (AvgIpc) is 3.46. The van der Waals surface area contributed by atoms with Gasteiger partial charge in [0.05, 0.1) is 5.56 Å². The first kappa shape index (κ1) is 24.4. The van der Waals surface area contributed by atoms with Crippen LogP contribution in [0.2, 0.25) is 0 Å². The van der Waals surface area contributed by atoms with E-state index in [0.29, 0.717) is 22.5 Å². The third-order valence-electron chi connectivity index (χ3n) is 4.75. The highest BCUT2D eigenvalue weighted by molar-refractivity contribution is 5.99. The number of allylic oxidation sites excluding steroid dienone is 2. The van der Waals surface area contributed by atoms with E-state index in [1.807, 2.05) is 6.92 Å². The zero-order valence-electron chi connectivity index (χ0n) is 17.9. The molecule has 1 N–H and O–H groups in total. The summed E-state index contributed by atoms with van der Waals surface area (Å²) < 4.78 is 52.0. The minimum absolute atomic E-state index is 0.0724. The van der Waals surface area contributed by atoms with Crippen LogP contribution in [0.5, 0.6) is 0 Å². The molecule has 1 aliphatic rings. The summed E-state index contributed by atoms with van der Waals surface area (Å²) in [6.45, 7) is 9.39. The van der Waals surface area contributed by atoms with E-state index in [1.165, 1.54) is 25.8 Å². The number of halogens is 4. The molecule has 3 rings (SSSR count). The molecule has 1 fully saturated rings. The molecule has 1 aliphatic carbocycles. The second kappa shape index (κ2) is 10.4. The summed E-state index contributed by atoms with van der Waals surface area (Å²) in [7, 11) is 0. The van der Waals surface area contributed by atoms with Crippen LogP contribution in [0.3, 0.4) is 0 Å². The Labute approximate surface area is 180 Å². The predicted molar refractivity (Wildman–Crippen MR) is 117 cm³/mol. The molecule has 1 saturated carbocycles. The molecule has 6 heteroatoms. The molecule has 0 radical (unpaired) electrons. The molecule has 0 aliphatic heterocycles. The molecule has 0 bridgehead atoms. The van der Waals surface area contributed by atoms with Gasteiger partial charge in [0.1, 0.15) is 5.82 Å². The molecule has 31 heavy (non-hydrogen) atoms. The lowest BCUT2D eigenvalue weighted by Gasteiger charge is -2.15. The number of hydrogen-bond acceptors (Lipinski definition) is 2. The number of nitrogens with one attached hydrogen (secondary N) is 1. The van der Waals surface area contributed by atoms with Crippen molar-refractivity contribution in [2.24, 2.45) is 5.92 Å². The van der Waals surface area contributed by atoms with Gasteiger partial charge in [0.25, 0.3) is 0 Å². The second-order valence-electron chi connectivity index (χ2n) is 7.72. The van der Waals surface area contributed by atoms with Crippen molar-refractivity contribution in [1.82, 2.24) is 0 Å². The molecule has 2 nitrogen and oxygen atoms in total. The summed E-state index contributed by atoms with van der Waals surface area (Å²) >= 11 is 0. The van der Waals surface area contributed by atoms with E-state index in [2.05, 4.69) is 18.8 Å². The van der Waals surface area contributed by atoms with Gasteiger partial charge in [-0.3, -0.25) is 4.79 Å². The maximum atomic E-state index is 13.4. The fourth-order valence-corrected chi connectivity index (χ4v) is 2.87. The van der Waals surface area contributed by atoms with E-state index >= 15 is 0 Å². The van der Waals surface area contributed by atoms with Gasteiger partial charge in [-0.15, -0.1) is 0 Å². The van der Waals surface area contributed by atoms with E-state index in [-0.39, 0.29) is 17.8 Å². The minimum atomic E-state index is -4.76. The molecule has 0 aromatic heterocycles. The Kier molecular flexibility index (Phi) is 8.20. The van der Waals surface area contributed by atoms with Crippen molar-refractivity contribution < 1.29 is 22.4 Å². The Bertz CT molecular complexity index is 972. The maximum absolute atomic E-state index is 13.4. The Morgan fingerprint density at radius 1 is 1.23 bits per heavy atom. The SMILES string of the molecule is C=C(Cc1ccc(F)c(C(F)(F)F)c1)Nc1cccc(C(C)=O)c1/C=C\C.CC1CC1. The Morgan fingerprint density at radius 2 is 1.87 bits per heavy atom. The summed E-state index contributed by atoms with van der Waals surface area (Å²) in [6.07, 6.45) is 1.84. The standard InChI is InChI=1S/C21H19F4NO.C4H8/c1-4-6-17-16(14(3)27)7-5-8-20(17)26-13(2)11-15-9-10-19(22)18(12-15)21(23,24)25;1-4-2-3-4/h4-10,12,26H,2,11H2,1,3H3;4H,2-3H2,1H3/b6-4-;. The molecule has 0 heterocycles. The highest BCUT2D eigenvalue weighted by Gasteiger charge is 2.34. The predicted octanol–water partition coefficient (Wildman–Crippen LogP) is 7.66. The maximum Gasteiger partial charge on any atom is 0.419 e. The Hall–Kier alpha value is -2.89. The first-order chi connectivity index (χ1) is 14.5. The van der Waals surface area contributed by atoms with Gasteiger partial charge in [-0.1, -0.05) is 56.7 Å². The quantitative estimate of drug-likeness (QED) is 0.374. The van der Waals surface area contributed by atoms with Gasteiger partial charge in [-0.05, 0) is 43.5 Å². The summed E-state index contributed by atoms with van der Waals surface area (Å²) in [6, 6.07) is 8.02. The summed E-state index contributed by atoms with van der Waals surface area (Å²) in [5.41, 5.74) is 1.19. The van der Waals surface area contributed by atoms with Crippen LogP contribution in [0, 0.1) is 11.7 Å². The first-order valence-corrected chi connectivity index (χ1v) is 10.1. The van der Waals surface area contributed by atoms with Crippen LogP contribution < -0.4 is 5.32 Å². The van der Waals surface area contributed by atoms with Crippen molar-refractivity contribution in [3.8, 4) is 0 Å². The van der Waals surface area contributed by atoms with E-state index < -0.39 is 17.6 Å². The van der Waals surface area contributed by atoms with Gasteiger partial charge < -0.3 is 5.32 Å². The molecule has 0 saturated heterocycles. The Morgan fingerprint density at radius 3 is 2.39 bits per heavy atom. The zero-order valence-corrected chi connectivity index (χ0v) is 17.9. The van der Waals surface area contributed by atoms with Crippen molar-refractivity contribution in [1.29, 1.82) is 0 Å². The number of hydrogen-bond donors (Lipinski definition) is 1. The number of benzene rings is 2. The highest BCUT2D eigenvalue weighted by Crippen LogP contribution is 2.32. The van der Waals surface area contributed by atoms with Crippen LogP contribution >= 0.6 is 0 Å². The molecule has 0 atom stereocenters. The van der Waals surface area contributed by atoms with Crippen LogP contribution in [0.4, 0.5) is 23.2 Å². The number of alkyl halides is 3. The number of rotatable bonds is 6. The number of carbonyl (C=O) groups is 1. The summed E-state index contributed by atoms with van der Waals surface area (Å²) in [5, 5.41) is 3.04. The molecular weight excluding hydrogens is 406 g/mol. The number of anilines is 1. The van der Waals surface area contributed by atoms with Crippen LogP contribution in [0.1, 0.15) is 60.7 Å². The van der Waals surface area contributed by atoms with Crippen LogP contribution in [0.25, 0.3) is 6.08 Å². The smallest absolute Gasteiger partial charge is 0.359 e. The zero-order chi connectivity index (χ0) is 23.2. The minimum Gasteiger partial charge on any atom is -0.359 e. The lowest BCUT2D eigenvalue weighted by molar-refractivity contribution is -0.140. The fourth-order valence-electron chi connectivity index (χ4n) is 2.87. The van der Waals surface area contributed by atoms with Gasteiger partial charge in [-0.25, -0.2) is 4.39 Å². The van der Waals surface area contributed by atoms with Crippen molar-refractivity contribution >= 4 is 17.5 Å². The number of Topliss-reactive ketones (excluding diaryl/α,β-unsaturated/α-hetero) is 1. The fraction of sp³-hybridized carbons (Fsp3) is 0.320. The van der Waals surface area contributed by atoms with E-state index in [9.17, 15) is 22.4 Å². The molecule has 0 unspecified atom stereocenters. The molecule has 0 spiro atoms. The van der Waals surface area contributed by atoms with Crippen LogP contribution in [-0.4, -0.2) is 5.78 Å². The molecule has 2 aromatic rings. The van der Waals surface area contributed by atoms with E-state index in [0.717, 1.165) is 18.1 Å². The van der Waals surface area contributed by atoms with Gasteiger partial charge in [0.15, 0.2) is 5.78 Å². The summed E-state index contributed by atoms with van der Waals surface area (Å²) in [4.78, 5) is 11.8. The second-order valence-corrected chi connectivity index (χ2v) is 7.72. The van der Waals surface area contributed by atoms with E-state index in [4.69, 9.17) is 0 Å². The van der Waals surface area contributed by atoms with Gasteiger partial charge in [0.2, 0.25) is 0 Å². The lowest BCUT2D eigenvalue weighted by Crippen LogP contribution is -2.10. The van der Waals surface area contributed by atoms with E-state index in [1.54, 1.807) is 30.4 Å². The average molecular weight is 433 g/mol. The molecular formula is C25H27F4NO. The monoisotopic (exact) mass is 433 g/mol. The van der Waals surface area contributed by atoms with Crippen molar-refractivity contribution in [2.75, 3.05) is 5.32 Å². The molecule has 166 valence electrons. The normalized spacial score (nSPS) is 13.5. The summed E-state index contributed by atoms with van der Waals surface area (Å²) in [5.74, 6) is -0.333. The van der Waals surface area contributed by atoms with Gasteiger partial charge in [0, 0.05) is 28.9 Å². The largest absolute Gasteiger partial charge is 0.419 e. The van der Waals surface area contributed by atoms with Crippen LogP contribution in [-0.2, 0) is 12.6 Å². The lowest BCUT2D eigenvalue weighted by atomic mass is 10.0. The third kappa shape index (κ3) is 7.39. The van der Waals surface area contributed by atoms with Crippen molar-refractivity contribution in [3.05, 3.63) is 82.8 Å². The highest BCUT2D eigenvalue weighted by atomic mass is 19.4. The number of ketones is 1. The third-order valence-corrected chi connectivity index (χ3v) is 4.75. The number of carbonyl (C=O) groups excluding carboxylic acids is 1. The van der Waals surface area contributed by atoms with Gasteiger partial charge in [-0.2, -0.15) is 13.2 Å². The Balaban J connectivity index is 0.000000762. The topological polar surface area (TPSA) is 29.1 Å². The van der Waals surface area contributed by atoms with Crippen LogP contribution in [0.15, 0.2) is 54.8 Å². The van der Waals surface area contributed by atoms with Crippen molar-refractivity contribution in [3.63, 3.8) is 0 Å².